The second-order valence-corrected chi connectivity index (χ2v) is 6.78. The third kappa shape index (κ3) is 6.88. The van der Waals surface area contributed by atoms with Crippen molar-refractivity contribution in [3.63, 3.8) is 0 Å². The van der Waals surface area contributed by atoms with Crippen LogP contribution in [-0.4, -0.2) is 52.6 Å². The van der Waals surface area contributed by atoms with Crippen LogP contribution in [0.1, 0.15) is 22.8 Å². The standard InChI is InChI=1S/C21H23BrN2O7/c1-5-30-18-7-13(6-17(22)20(18)31-12-19(25)29-4)11-23-24-21(26)14-8-15(27-2)10-16(9-14)28-3/h6-11H,5,12H2,1-4H3,(H,24,26)/b23-11-. The Morgan fingerprint density at radius 1 is 1.03 bits per heavy atom. The van der Waals surface area contributed by atoms with Crippen LogP contribution >= 0.6 is 15.9 Å². The van der Waals surface area contributed by atoms with Crippen LogP contribution in [0.5, 0.6) is 23.0 Å². The highest BCUT2D eigenvalue weighted by atomic mass is 79.9. The first-order valence-electron chi connectivity index (χ1n) is 9.14. The van der Waals surface area contributed by atoms with E-state index >= 15 is 0 Å². The van der Waals surface area contributed by atoms with Crippen molar-refractivity contribution in [2.45, 2.75) is 6.92 Å². The van der Waals surface area contributed by atoms with Crippen molar-refractivity contribution in [2.24, 2.45) is 5.10 Å². The summed E-state index contributed by atoms with van der Waals surface area (Å²) in [4.78, 5) is 23.8. The normalized spacial score (nSPS) is 10.5. The molecule has 9 nitrogen and oxygen atoms in total. The molecule has 0 unspecified atom stereocenters. The number of esters is 1. The summed E-state index contributed by atoms with van der Waals surface area (Å²) in [7, 11) is 4.28. The molecule has 1 N–H and O–H groups in total. The Kier molecular flexibility index (Phi) is 9.13. The molecule has 0 bridgehead atoms. The zero-order valence-electron chi connectivity index (χ0n) is 17.6. The Bertz CT molecular complexity index is 941. The number of hydrogen-bond donors (Lipinski definition) is 1. The predicted molar refractivity (Wildman–Crippen MR) is 117 cm³/mol. The van der Waals surface area contributed by atoms with Gasteiger partial charge in [-0.25, -0.2) is 10.2 Å². The van der Waals surface area contributed by atoms with E-state index in [-0.39, 0.29) is 6.61 Å². The molecule has 31 heavy (non-hydrogen) atoms. The number of carbonyl (C=O) groups is 2. The van der Waals surface area contributed by atoms with Crippen molar-refractivity contribution in [1.29, 1.82) is 0 Å². The number of hydrogen-bond acceptors (Lipinski definition) is 8. The fourth-order valence-electron chi connectivity index (χ4n) is 2.42. The maximum atomic E-state index is 12.4. The van der Waals surface area contributed by atoms with Gasteiger partial charge in [-0.2, -0.15) is 5.10 Å². The van der Waals surface area contributed by atoms with E-state index in [1.165, 1.54) is 27.5 Å². The van der Waals surface area contributed by atoms with Crippen molar-refractivity contribution < 1.29 is 33.3 Å². The molecule has 0 radical (unpaired) electrons. The molecule has 2 aromatic carbocycles. The molecule has 1 amide bonds. The Balaban J connectivity index is 2.16. The Morgan fingerprint density at radius 3 is 2.29 bits per heavy atom. The molecule has 0 aliphatic carbocycles. The summed E-state index contributed by atoms with van der Waals surface area (Å²) in [6, 6.07) is 8.19. The van der Waals surface area contributed by atoms with Gasteiger partial charge in [0, 0.05) is 11.6 Å². The van der Waals surface area contributed by atoms with Gasteiger partial charge >= 0.3 is 5.97 Å². The quantitative estimate of drug-likeness (QED) is 0.307. The Morgan fingerprint density at radius 2 is 1.71 bits per heavy atom. The van der Waals surface area contributed by atoms with Gasteiger partial charge in [-0.05, 0) is 52.7 Å². The second-order valence-electron chi connectivity index (χ2n) is 5.93. The van der Waals surface area contributed by atoms with Gasteiger partial charge in [0.15, 0.2) is 18.1 Å². The van der Waals surface area contributed by atoms with Crippen molar-refractivity contribution in [3.05, 3.63) is 45.9 Å². The van der Waals surface area contributed by atoms with Crippen LogP contribution in [0.15, 0.2) is 39.9 Å². The van der Waals surface area contributed by atoms with E-state index in [0.717, 1.165) is 0 Å². The minimum Gasteiger partial charge on any atom is -0.497 e. The number of amides is 1. The van der Waals surface area contributed by atoms with Gasteiger partial charge in [-0.15, -0.1) is 0 Å². The fourth-order valence-corrected chi connectivity index (χ4v) is 3.00. The van der Waals surface area contributed by atoms with Gasteiger partial charge < -0.3 is 23.7 Å². The lowest BCUT2D eigenvalue weighted by Crippen LogP contribution is -2.17. The summed E-state index contributed by atoms with van der Waals surface area (Å²) >= 11 is 3.40. The van der Waals surface area contributed by atoms with E-state index in [1.54, 1.807) is 30.3 Å². The van der Waals surface area contributed by atoms with Crippen LogP contribution in [0, 0.1) is 0 Å². The molecule has 0 saturated heterocycles. The highest BCUT2D eigenvalue weighted by molar-refractivity contribution is 9.10. The number of benzene rings is 2. The van der Waals surface area contributed by atoms with Gasteiger partial charge in [-0.1, -0.05) is 0 Å². The maximum absolute atomic E-state index is 12.4. The number of carbonyl (C=O) groups excluding carboxylic acids is 2. The number of halogens is 1. The molecule has 0 fully saturated rings. The molecule has 10 heteroatoms. The van der Waals surface area contributed by atoms with Crippen LogP contribution in [0.2, 0.25) is 0 Å². The smallest absolute Gasteiger partial charge is 0.343 e. The van der Waals surface area contributed by atoms with Crippen molar-refractivity contribution in [2.75, 3.05) is 34.5 Å². The summed E-state index contributed by atoms with van der Waals surface area (Å²) in [5.41, 5.74) is 3.41. The number of nitrogens with one attached hydrogen (secondary N) is 1. The summed E-state index contributed by atoms with van der Waals surface area (Å²) in [6.45, 7) is 1.94. The zero-order valence-corrected chi connectivity index (χ0v) is 19.1. The van der Waals surface area contributed by atoms with Gasteiger partial charge in [0.2, 0.25) is 0 Å². The molecular weight excluding hydrogens is 472 g/mol. The number of methoxy groups -OCH3 is 3. The van der Waals surface area contributed by atoms with E-state index in [1.807, 2.05) is 6.92 Å². The summed E-state index contributed by atoms with van der Waals surface area (Å²) in [5, 5.41) is 3.99. The summed E-state index contributed by atoms with van der Waals surface area (Å²) in [5.74, 6) is 0.790. The lowest BCUT2D eigenvalue weighted by molar-refractivity contribution is -0.142. The van der Waals surface area contributed by atoms with E-state index in [9.17, 15) is 9.59 Å². The number of hydrazone groups is 1. The Labute approximate surface area is 188 Å². The topological polar surface area (TPSA) is 105 Å². The molecule has 0 aliphatic heterocycles. The second kappa shape index (κ2) is 11.8. The van der Waals surface area contributed by atoms with E-state index in [0.29, 0.717) is 45.2 Å². The molecule has 0 heterocycles. The highest BCUT2D eigenvalue weighted by Crippen LogP contribution is 2.36. The third-order valence-corrected chi connectivity index (χ3v) is 4.48. The van der Waals surface area contributed by atoms with E-state index < -0.39 is 11.9 Å². The monoisotopic (exact) mass is 494 g/mol. The lowest BCUT2D eigenvalue weighted by atomic mass is 10.2. The van der Waals surface area contributed by atoms with Crippen LogP contribution < -0.4 is 24.4 Å². The van der Waals surface area contributed by atoms with E-state index in [2.05, 4.69) is 31.2 Å². The first-order valence-corrected chi connectivity index (χ1v) is 9.93. The van der Waals surface area contributed by atoms with Gasteiger partial charge in [0.25, 0.3) is 5.91 Å². The third-order valence-electron chi connectivity index (χ3n) is 3.89. The van der Waals surface area contributed by atoms with E-state index in [4.69, 9.17) is 18.9 Å². The predicted octanol–water partition coefficient (Wildman–Crippen LogP) is 3.18. The van der Waals surface area contributed by atoms with Crippen LogP contribution in [0.3, 0.4) is 0 Å². The molecule has 0 saturated carbocycles. The number of ether oxygens (including phenoxy) is 5. The minimum atomic E-state index is -0.517. The lowest BCUT2D eigenvalue weighted by Gasteiger charge is -2.13. The van der Waals surface area contributed by atoms with Crippen LogP contribution in [0.25, 0.3) is 0 Å². The van der Waals surface area contributed by atoms with Crippen molar-refractivity contribution >= 4 is 34.0 Å². The van der Waals surface area contributed by atoms with Gasteiger partial charge in [0.1, 0.15) is 11.5 Å². The highest BCUT2D eigenvalue weighted by Gasteiger charge is 2.14. The molecular formula is C21H23BrN2O7. The molecule has 2 rings (SSSR count). The molecule has 0 aliphatic rings. The van der Waals surface area contributed by atoms with Crippen molar-refractivity contribution in [1.82, 2.24) is 5.43 Å². The average molecular weight is 495 g/mol. The molecule has 0 atom stereocenters. The maximum Gasteiger partial charge on any atom is 0.343 e. The van der Waals surface area contributed by atoms with Gasteiger partial charge in [-0.3, -0.25) is 4.79 Å². The number of nitrogens with zero attached hydrogens (tertiary/aromatic N) is 1. The minimum absolute atomic E-state index is 0.261. The summed E-state index contributed by atoms with van der Waals surface area (Å²) < 4.78 is 26.5. The Hall–Kier alpha value is -3.27. The van der Waals surface area contributed by atoms with Gasteiger partial charge in [0.05, 0.1) is 38.6 Å². The molecule has 0 aromatic heterocycles. The molecule has 0 spiro atoms. The first kappa shape index (κ1) is 24.0. The number of rotatable bonds is 10. The fraction of sp³-hybridized carbons (Fsp3) is 0.286. The first-order chi connectivity index (χ1) is 14.9. The summed E-state index contributed by atoms with van der Waals surface area (Å²) in [6.07, 6.45) is 1.45. The van der Waals surface area contributed by atoms with Crippen molar-refractivity contribution in [3.8, 4) is 23.0 Å². The molecule has 166 valence electrons. The zero-order chi connectivity index (χ0) is 22.8. The largest absolute Gasteiger partial charge is 0.497 e. The molecule has 2 aromatic rings. The SMILES string of the molecule is CCOc1cc(/C=N\NC(=O)c2cc(OC)cc(OC)c2)cc(Br)c1OCC(=O)OC. The van der Waals surface area contributed by atoms with Crippen LogP contribution in [0.4, 0.5) is 0 Å². The van der Waals surface area contributed by atoms with Crippen LogP contribution in [-0.2, 0) is 9.53 Å². The average Bonchev–Trinajstić information content (AvgIpc) is 2.77.